The van der Waals surface area contributed by atoms with Gasteiger partial charge in [-0.25, -0.2) is 0 Å². The summed E-state index contributed by atoms with van der Waals surface area (Å²) in [5, 5.41) is 10.7. The van der Waals surface area contributed by atoms with Crippen molar-refractivity contribution in [1.29, 1.82) is 0 Å². The van der Waals surface area contributed by atoms with Gasteiger partial charge in [-0.2, -0.15) is 0 Å². The van der Waals surface area contributed by atoms with Gasteiger partial charge in [0.15, 0.2) is 0 Å². The molecular formula is C20H34O. The van der Waals surface area contributed by atoms with Gasteiger partial charge in [0.05, 0.1) is 0 Å². The molecule has 0 saturated carbocycles. The second-order valence-corrected chi connectivity index (χ2v) is 8.23. The maximum absolute atomic E-state index is 10.7. The van der Waals surface area contributed by atoms with Crippen LogP contribution in [-0.2, 0) is 18.3 Å². The first kappa shape index (κ1) is 18.1. The summed E-state index contributed by atoms with van der Waals surface area (Å²) >= 11 is 0. The maximum Gasteiger partial charge on any atom is 0.122 e. The van der Waals surface area contributed by atoms with Crippen molar-refractivity contribution >= 4 is 0 Å². The molecule has 1 nitrogen and oxygen atoms in total. The lowest BCUT2D eigenvalue weighted by molar-refractivity contribution is 0.278. The first-order valence-electron chi connectivity index (χ1n) is 8.46. The van der Waals surface area contributed by atoms with Gasteiger partial charge in [0, 0.05) is 5.56 Å². The fourth-order valence-corrected chi connectivity index (χ4v) is 3.49. The average molecular weight is 290 g/mol. The summed E-state index contributed by atoms with van der Waals surface area (Å²) in [6, 6.07) is 4.44. The van der Waals surface area contributed by atoms with Gasteiger partial charge in [0.25, 0.3) is 0 Å². The smallest absolute Gasteiger partial charge is 0.122 e. The second-order valence-electron chi connectivity index (χ2n) is 8.23. The molecule has 1 rings (SSSR count). The molecule has 0 atom stereocenters. The Balaban J connectivity index is 3.25. The summed E-state index contributed by atoms with van der Waals surface area (Å²) < 4.78 is 0. The highest BCUT2D eigenvalue weighted by molar-refractivity contribution is 5.47. The first-order chi connectivity index (χ1) is 9.60. The largest absolute Gasteiger partial charge is 0.507 e. The monoisotopic (exact) mass is 290 g/mol. The number of aryl methyl sites for hydroxylation is 2. The van der Waals surface area contributed by atoms with Crippen molar-refractivity contribution in [2.24, 2.45) is 5.41 Å². The summed E-state index contributed by atoms with van der Waals surface area (Å²) in [6.45, 7) is 15.7. The molecule has 21 heavy (non-hydrogen) atoms. The number of phenols is 1. The molecule has 0 heterocycles. The molecular weight excluding hydrogens is 256 g/mol. The Kier molecular flexibility index (Phi) is 5.90. The number of benzene rings is 1. The molecule has 0 aromatic heterocycles. The predicted molar refractivity (Wildman–Crippen MR) is 93.2 cm³/mol. The maximum atomic E-state index is 10.7. The van der Waals surface area contributed by atoms with E-state index in [0.717, 1.165) is 30.4 Å². The topological polar surface area (TPSA) is 20.2 Å². The van der Waals surface area contributed by atoms with E-state index in [2.05, 4.69) is 60.6 Å². The minimum Gasteiger partial charge on any atom is -0.507 e. The van der Waals surface area contributed by atoms with Crippen molar-refractivity contribution in [1.82, 2.24) is 0 Å². The van der Waals surface area contributed by atoms with Crippen LogP contribution in [0, 0.1) is 5.41 Å². The molecule has 0 aliphatic heterocycles. The van der Waals surface area contributed by atoms with Crippen molar-refractivity contribution in [3.63, 3.8) is 0 Å². The molecule has 0 aliphatic carbocycles. The third-order valence-electron chi connectivity index (χ3n) is 4.15. The lowest BCUT2D eigenvalue weighted by Gasteiger charge is -2.34. The lowest BCUT2D eigenvalue weighted by Crippen LogP contribution is -2.25. The molecule has 120 valence electrons. The molecule has 0 unspecified atom stereocenters. The Hall–Kier alpha value is -0.980. The van der Waals surface area contributed by atoms with Gasteiger partial charge >= 0.3 is 0 Å². The normalized spacial score (nSPS) is 12.7. The average Bonchev–Trinajstić information content (AvgIpc) is 2.34. The van der Waals surface area contributed by atoms with Crippen LogP contribution in [0.1, 0.15) is 84.4 Å². The second kappa shape index (κ2) is 6.85. The zero-order valence-electron chi connectivity index (χ0n) is 15.1. The van der Waals surface area contributed by atoms with Crippen LogP contribution in [0.25, 0.3) is 0 Å². The molecule has 0 spiro atoms. The summed E-state index contributed by atoms with van der Waals surface area (Å²) in [5.41, 5.74) is 3.85. The Bertz CT molecular complexity index is 463. The van der Waals surface area contributed by atoms with E-state index in [4.69, 9.17) is 0 Å². The van der Waals surface area contributed by atoms with E-state index in [1.807, 2.05) is 0 Å². The Morgan fingerprint density at radius 2 is 1.62 bits per heavy atom. The zero-order chi connectivity index (χ0) is 16.3. The fraction of sp³-hybridized carbons (Fsp3) is 0.700. The number of hydrogen-bond donors (Lipinski definition) is 1. The van der Waals surface area contributed by atoms with Crippen LogP contribution in [0.5, 0.6) is 5.75 Å². The van der Waals surface area contributed by atoms with Gasteiger partial charge in [0.2, 0.25) is 0 Å². The summed E-state index contributed by atoms with van der Waals surface area (Å²) in [7, 11) is 0. The third-order valence-corrected chi connectivity index (χ3v) is 4.15. The number of hydrogen-bond acceptors (Lipinski definition) is 1. The van der Waals surface area contributed by atoms with Crippen molar-refractivity contribution in [3.8, 4) is 5.75 Å². The van der Waals surface area contributed by atoms with Crippen LogP contribution >= 0.6 is 0 Å². The van der Waals surface area contributed by atoms with Crippen molar-refractivity contribution in [3.05, 3.63) is 28.8 Å². The van der Waals surface area contributed by atoms with Gasteiger partial charge in [-0.3, -0.25) is 0 Å². The van der Waals surface area contributed by atoms with E-state index < -0.39 is 0 Å². The minimum atomic E-state index is -0.00548. The van der Waals surface area contributed by atoms with Gasteiger partial charge in [0.1, 0.15) is 5.75 Å². The van der Waals surface area contributed by atoms with Gasteiger partial charge in [-0.1, -0.05) is 67.0 Å². The highest BCUT2D eigenvalue weighted by Gasteiger charge is 2.30. The van der Waals surface area contributed by atoms with E-state index in [1.54, 1.807) is 0 Å². The number of unbranched alkanes of at least 4 members (excludes halogenated alkanes) is 1. The van der Waals surface area contributed by atoms with Gasteiger partial charge in [-0.15, -0.1) is 0 Å². The van der Waals surface area contributed by atoms with E-state index in [-0.39, 0.29) is 10.8 Å². The van der Waals surface area contributed by atoms with Crippen LogP contribution in [0.15, 0.2) is 12.1 Å². The molecule has 0 aliphatic rings. The van der Waals surface area contributed by atoms with Crippen molar-refractivity contribution < 1.29 is 5.11 Å². The van der Waals surface area contributed by atoms with Crippen LogP contribution in [-0.4, -0.2) is 5.11 Å². The van der Waals surface area contributed by atoms with E-state index >= 15 is 0 Å². The zero-order valence-corrected chi connectivity index (χ0v) is 15.1. The summed E-state index contributed by atoms with van der Waals surface area (Å²) in [4.78, 5) is 0. The predicted octanol–water partition coefficient (Wildman–Crippen LogP) is 6.01. The molecule has 0 fully saturated rings. The van der Waals surface area contributed by atoms with Crippen LogP contribution in [0.2, 0.25) is 0 Å². The van der Waals surface area contributed by atoms with Crippen LogP contribution in [0.3, 0.4) is 0 Å². The SMILES string of the molecule is CCCCc1cc(CC)c(O)c(C(C)(C)CC(C)(C)C)c1. The van der Waals surface area contributed by atoms with E-state index in [1.165, 1.54) is 18.4 Å². The first-order valence-corrected chi connectivity index (χ1v) is 8.46. The van der Waals surface area contributed by atoms with Crippen molar-refractivity contribution in [2.75, 3.05) is 0 Å². The summed E-state index contributed by atoms with van der Waals surface area (Å²) in [5.74, 6) is 0.520. The Labute approximate surface area is 131 Å². The molecule has 1 heteroatoms. The minimum absolute atomic E-state index is 0.00548. The number of rotatable bonds is 6. The molecule has 0 saturated heterocycles. The third kappa shape index (κ3) is 5.05. The van der Waals surface area contributed by atoms with Crippen LogP contribution in [0.4, 0.5) is 0 Å². The van der Waals surface area contributed by atoms with Gasteiger partial charge < -0.3 is 5.11 Å². The number of phenolic OH excluding ortho intramolecular Hbond substituents is 1. The fourth-order valence-electron chi connectivity index (χ4n) is 3.49. The molecule has 0 bridgehead atoms. The highest BCUT2D eigenvalue weighted by Crippen LogP contribution is 2.42. The Morgan fingerprint density at radius 1 is 1.00 bits per heavy atom. The van der Waals surface area contributed by atoms with Crippen LogP contribution < -0.4 is 0 Å². The molecule has 1 aromatic rings. The lowest BCUT2D eigenvalue weighted by atomic mass is 9.71. The van der Waals surface area contributed by atoms with E-state index in [0.29, 0.717) is 5.75 Å². The molecule has 1 aromatic carbocycles. The molecule has 1 N–H and O–H groups in total. The van der Waals surface area contributed by atoms with Crippen molar-refractivity contribution in [2.45, 2.75) is 86.0 Å². The van der Waals surface area contributed by atoms with Gasteiger partial charge in [-0.05, 0) is 47.6 Å². The quantitative estimate of drug-likeness (QED) is 0.680. The molecule has 0 radical (unpaired) electrons. The highest BCUT2D eigenvalue weighted by atomic mass is 16.3. The molecule has 0 amide bonds. The summed E-state index contributed by atoms with van der Waals surface area (Å²) in [6.07, 6.45) is 5.50. The Morgan fingerprint density at radius 3 is 2.10 bits per heavy atom. The number of aromatic hydroxyl groups is 1. The standard InChI is InChI=1S/C20H34O/c1-8-10-11-15-12-16(9-2)18(21)17(13-15)20(6,7)14-19(3,4)5/h12-13,21H,8-11,14H2,1-7H3. The van der Waals surface area contributed by atoms with E-state index in [9.17, 15) is 5.11 Å².